The highest BCUT2D eigenvalue weighted by Crippen LogP contribution is 2.23. The van der Waals surface area contributed by atoms with Gasteiger partial charge in [0.1, 0.15) is 5.82 Å². The molecule has 1 amide bonds. The molecule has 1 aromatic carbocycles. The Morgan fingerprint density at radius 2 is 2.00 bits per heavy atom. The van der Waals surface area contributed by atoms with Crippen molar-refractivity contribution in [3.8, 4) is 0 Å². The van der Waals surface area contributed by atoms with Crippen LogP contribution in [0, 0.1) is 19.7 Å². The molecule has 0 bridgehead atoms. The number of benzene rings is 1. The summed E-state index contributed by atoms with van der Waals surface area (Å²) in [6, 6.07) is 6.80. The molecule has 128 valence electrons. The van der Waals surface area contributed by atoms with Crippen LogP contribution in [0.3, 0.4) is 0 Å². The predicted octanol–water partition coefficient (Wildman–Crippen LogP) is 2.95. The molecule has 0 spiro atoms. The van der Waals surface area contributed by atoms with E-state index < -0.39 is 0 Å². The first-order chi connectivity index (χ1) is 11.5. The molecule has 2 aromatic rings. The third-order valence-electron chi connectivity index (χ3n) is 5.07. The van der Waals surface area contributed by atoms with E-state index in [4.69, 9.17) is 0 Å². The Hall–Kier alpha value is -2.17. The van der Waals surface area contributed by atoms with Gasteiger partial charge >= 0.3 is 0 Å². The Kier molecular flexibility index (Phi) is 4.69. The van der Waals surface area contributed by atoms with E-state index >= 15 is 0 Å². The van der Waals surface area contributed by atoms with Gasteiger partial charge in [0, 0.05) is 30.9 Å². The smallest absolute Gasteiger partial charge is 0.227 e. The van der Waals surface area contributed by atoms with Crippen LogP contribution in [-0.4, -0.2) is 33.2 Å². The fourth-order valence-electron chi connectivity index (χ4n) is 3.59. The van der Waals surface area contributed by atoms with Gasteiger partial charge in [-0.1, -0.05) is 12.1 Å². The van der Waals surface area contributed by atoms with Gasteiger partial charge in [0.05, 0.1) is 12.1 Å². The van der Waals surface area contributed by atoms with Crippen molar-refractivity contribution >= 4 is 5.91 Å². The van der Waals surface area contributed by atoms with E-state index in [1.165, 1.54) is 12.1 Å². The van der Waals surface area contributed by atoms with Crippen LogP contribution in [0.15, 0.2) is 24.3 Å². The highest BCUT2D eigenvalue weighted by molar-refractivity contribution is 5.80. The molecule has 5 heteroatoms. The standard InChI is InChI=1S/C19H24FN3O/c1-13-18(14(2)22(3)21-13)12-19(24)23-10-4-5-17(23)11-15-6-8-16(20)9-7-15/h6-9,17H,4-5,10-12H2,1-3H3/t17-/m1/s1. The number of amides is 1. The Morgan fingerprint density at radius 1 is 1.29 bits per heavy atom. The Labute approximate surface area is 142 Å². The molecular weight excluding hydrogens is 305 g/mol. The normalized spacial score (nSPS) is 17.5. The number of likely N-dealkylation sites (tertiary alicyclic amines) is 1. The first-order valence-corrected chi connectivity index (χ1v) is 8.48. The van der Waals surface area contributed by atoms with E-state index in [-0.39, 0.29) is 17.8 Å². The summed E-state index contributed by atoms with van der Waals surface area (Å²) in [4.78, 5) is 14.8. The zero-order valence-electron chi connectivity index (χ0n) is 14.6. The molecule has 2 heterocycles. The molecule has 1 fully saturated rings. The summed E-state index contributed by atoms with van der Waals surface area (Å²) in [6.07, 6.45) is 3.24. The summed E-state index contributed by atoms with van der Waals surface area (Å²) in [7, 11) is 1.91. The van der Waals surface area contributed by atoms with Crippen LogP contribution >= 0.6 is 0 Å². The number of hydrogen-bond acceptors (Lipinski definition) is 2. The largest absolute Gasteiger partial charge is 0.339 e. The van der Waals surface area contributed by atoms with E-state index in [0.29, 0.717) is 6.42 Å². The molecule has 1 aromatic heterocycles. The monoisotopic (exact) mass is 329 g/mol. The molecule has 1 saturated heterocycles. The molecule has 0 unspecified atom stereocenters. The highest BCUT2D eigenvalue weighted by atomic mass is 19.1. The van der Waals surface area contributed by atoms with Crippen LogP contribution in [0.25, 0.3) is 0 Å². The second-order valence-corrected chi connectivity index (χ2v) is 6.66. The molecular formula is C19H24FN3O. The number of rotatable bonds is 4. The summed E-state index contributed by atoms with van der Waals surface area (Å²) >= 11 is 0. The first-order valence-electron chi connectivity index (χ1n) is 8.48. The minimum atomic E-state index is -0.222. The molecule has 1 aliphatic rings. The van der Waals surface area contributed by atoms with Gasteiger partial charge < -0.3 is 4.90 Å². The van der Waals surface area contributed by atoms with Gasteiger partial charge in [0.25, 0.3) is 0 Å². The van der Waals surface area contributed by atoms with Crippen molar-refractivity contribution in [3.63, 3.8) is 0 Å². The second-order valence-electron chi connectivity index (χ2n) is 6.66. The topological polar surface area (TPSA) is 38.1 Å². The van der Waals surface area contributed by atoms with Gasteiger partial charge in [0.2, 0.25) is 5.91 Å². The first kappa shape index (κ1) is 16.7. The van der Waals surface area contributed by atoms with E-state index in [0.717, 1.165) is 48.3 Å². The van der Waals surface area contributed by atoms with Crippen molar-refractivity contribution in [2.24, 2.45) is 7.05 Å². The highest BCUT2D eigenvalue weighted by Gasteiger charge is 2.29. The Morgan fingerprint density at radius 3 is 2.62 bits per heavy atom. The van der Waals surface area contributed by atoms with Crippen LogP contribution in [0.4, 0.5) is 4.39 Å². The lowest BCUT2D eigenvalue weighted by Gasteiger charge is -2.25. The van der Waals surface area contributed by atoms with Gasteiger partial charge in [-0.05, 0) is 50.8 Å². The van der Waals surface area contributed by atoms with Crippen LogP contribution < -0.4 is 0 Å². The van der Waals surface area contributed by atoms with Crippen molar-refractivity contribution in [2.45, 2.75) is 45.6 Å². The van der Waals surface area contributed by atoms with Crippen molar-refractivity contribution in [3.05, 3.63) is 52.6 Å². The number of carbonyl (C=O) groups excluding carboxylic acids is 1. The van der Waals surface area contributed by atoms with Gasteiger partial charge in [0.15, 0.2) is 0 Å². The lowest BCUT2D eigenvalue weighted by Crippen LogP contribution is -2.38. The molecule has 0 radical (unpaired) electrons. The number of aromatic nitrogens is 2. The van der Waals surface area contributed by atoms with Crippen molar-refractivity contribution in [2.75, 3.05) is 6.54 Å². The van der Waals surface area contributed by atoms with Crippen LogP contribution in [0.1, 0.15) is 35.4 Å². The minimum Gasteiger partial charge on any atom is -0.339 e. The maximum atomic E-state index is 13.1. The fourth-order valence-corrected chi connectivity index (χ4v) is 3.59. The quantitative estimate of drug-likeness (QED) is 0.865. The maximum Gasteiger partial charge on any atom is 0.227 e. The second kappa shape index (κ2) is 6.75. The number of halogens is 1. The van der Waals surface area contributed by atoms with Gasteiger partial charge in [-0.3, -0.25) is 9.48 Å². The molecule has 0 saturated carbocycles. The van der Waals surface area contributed by atoms with E-state index in [1.807, 2.05) is 42.6 Å². The van der Waals surface area contributed by atoms with Crippen LogP contribution in [0.5, 0.6) is 0 Å². The number of aryl methyl sites for hydroxylation is 2. The van der Waals surface area contributed by atoms with Gasteiger partial charge in [-0.2, -0.15) is 5.10 Å². The Bertz CT molecular complexity index is 736. The lowest BCUT2D eigenvalue weighted by molar-refractivity contribution is -0.131. The molecule has 1 aliphatic heterocycles. The molecule has 0 aliphatic carbocycles. The summed E-state index contributed by atoms with van der Waals surface area (Å²) in [6.45, 7) is 4.77. The summed E-state index contributed by atoms with van der Waals surface area (Å²) < 4.78 is 14.9. The van der Waals surface area contributed by atoms with Crippen LogP contribution in [-0.2, 0) is 24.7 Å². The molecule has 0 N–H and O–H groups in total. The molecule has 1 atom stereocenters. The molecule has 24 heavy (non-hydrogen) atoms. The third-order valence-corrected chi connectivity index (χ3v) is 5.07. The number of nitrogens with zero attached hydrogens (tertiary/aromatic N) is 3. The zero-order chi connectivity index (χ0) is 17.3. The minimum absolute atomic E-state index is 0.166. The van der Waals surface area contributed by atoms with E-state index in [1.54, 1.807) is 0 Å². The van der Waals surface area contributed by atoms with E-state index in [9.17, 15) is 9.18 Å². The van der Waals surface area contributed by atoms with Crippen LogP contribution in [0.2, 0.25) is 0 Å². The fraction of sp³-hybridized carbons (Fsp3) is 0.474. The average molecular weight is 329 g/mol. The number of hydrogen-bond donors (Lipinski definition) is 0. The van der Waals surface area contributed by atoms with E-state index in [2.05, 4.69) is 5.10 Å². The average Bonchev–Trinajstić information content (AvgIpc) is 3.10. The maximum absolute atomic E-state index is 13.1. The summed E-state index contributed by atoms with van der Waals surface area (Å²) in [5, 5.41) is 4.40. The zero-order valence-corrected chi connectivity index (χ0v) is 14.6. The van der Waals surface area contributed by atoms with Crippen molar-refractivity contribution < 1.29 is 9.18 Å². The van der Waals surface area contributed by atoms with Gasteiger partial charge in [-0.25, -0.2) is 4.39 Å². The Balaban J connectivity index is 1.70. The van der Waals surface area contributed by atoms with Crippen molar-refractivity contribution in [1.29, 1.82) is 0 Å². The third kappa shape index (κ3) is 3.35. The number of carbonyl (C=O) groups is 1. The van der Waals surface area contributed by atoms with Gasteiger partial charge in [-0.15, -0.1) is 0 Å². The SMILES string of the molecule is Cc1nn(C)c(C)c1CC(=O)N1CCC[C@@H]1Cc1ccc(F)cc1. The molecule has 3 rings (SSSR count). The lowest BCUT2D eigenvalue weighted by atomic mass is 10.0. The predicted molar refractivity (Wildman–Crippen MR) is 91.2 cm³/mol. The van der Waals surface area contributed by atoms with Crippen molar-refractivity contribution in [1.82, 2.24) is 14.7 Å². The summed E-state index contributed by atoms with van der Waals surface area (Å²) in [5.41, 5.74) is 4.09. The molecule has 4 nitrogen and oxygen atoms in total. The summed E-state index contributed by atoms with van der Waals surface area (Å²) in [5.74, 6) is -0.0561.